The van der Waals surface area contributed by atoms with Gasteiger partial charge in [-0.1, -0.05) is 30.3 Å². The van der Waals surface area contributed by atoms with E-state index >= 15 is 0 Å². The van der Waals surface area contributed by atoms with E-state index in [1.54, 1.807) is 48.5 Å². The van der Waals surface area contributed by atoms with Crippen LogP contribution in [0.4, 0.5) is 0 Å². The second-order valence-corrected chi connectivity index (χ2v) is 5.15. The molecule has 25 heavy (non-hydrogen) atoms. The highest BCUT2D eigenvalue weighted by Crippen LogP contribution is 2.22. The number of benzene rings is 2. The predicted octanol–water partition coefficient (Wildman–Crippen LogP) is 3.41. The van der Waals surface area contributed by atoms with Gasteiger partial charge < -0.3 is 9.52 Å². The van der Waals surface area contributed by atoms with Crippen molar-refractivity contribution in [1.82, 2.24) is 5.43 Å². The van der Waals surface area contributed by atoms with Crippen LogP contribution in [0.5, 0.6) is 0 Å². The van der Waals surface area contributed by atoms with Gasteiger partial charge in [0.25, 0.3) is 5.91 Å². The third-order valence-corrected chi connectivity index (χ3v) is 3.41. The maximum absolute atomic E-state index is 11.9. The molecule has 0 aliphatic carbocycles. The van der Waals surface area contributed by atoms with Crippen LogP contribution in [0.2, 0.25) is 0 Å². The van der Waals surface area contributed by atoms with Gasteiger partial charge in [0, 0.05) is 11.1 Å². The van der Waals surface area contributed by atoms with Crippen molar-refractivity contribution in [1.29, 1.82) is 0 Å². The van der Waals surface area contributed by atoms with Crippen LogP contribution in [0.15, 0.2) is 76.2 Å². The molecule has 3 rings (SSSR count). The lowest BCUT2D eigenvalue weighted by Crippen LogP contribution is -2.17. The Hall–Kier alpha value is -3.67. The summed E-state index contributed by atoms with van der Waals surface area (Å²) in [7, 11) is 0. The van der Waals surface area contributed by atoms with Gasteiger partial charge in [-0.3, -0.25) is 4.79 Å². The van der Waals surface area contributed by atoms with Crippen LogP contribution in [0.25, 0.3) is 11.3 Å². The van der Waals surface area contributed by atoms with E-state index in [9.17, 15) is 9.59 Å². The molecule has 0 unspecified atom stereocenters. The molecule has 0 fully saturated rings. The van der Waals surface area contributed by atoms with Gasteiger partial charge in [0.2, 0.25) is 0 Å². The van der Waals surface area contributed by atoms with E-state index in [-0.39, 0.29) is 11.5 Å². The first-order valence-corrected chi connectivity index (χ1v) is 7.45. The second-order valence-electron chi connectivity index (χ2n) is 5.15. The first kappa shape index (κ1) is 16.2. The Morgan fingerprint density at radius 3 is 2.48 bits per heavy atom. The highest BCUT2D eigenvalue weighted by Gasteiger charge is 2.08. The minimum atomic E-state index is -1.00. The van der Waals surface area contributed by atoms with Crippen LogP contribution in [-0.4, -0.2) is 23.2 Å². The first-order chi connectivity index (χ1) is 12.1. The topological polar surface area (TPSA) is 91.9 Å². The summed E-state index contributed by atoms with van der Waals surface area (Å²) in [6.07, 6.45) is 1.38. The van der Waals surface area contributed by atoms with Crippen LogP contribution in [0.3, 0.4) is 0 Å². The number of hydrazone groups is 1. The lowest BCUT2D eigenvalue weighted by molar-refractivity contribution is 0.0696. The number of aromatic carboxylic acids is 1. The maximum atomic E-state index is 11.9. The summed E-state index contributed by atoms with van der Waals surface area (Å²) in [5, 5.41) is 12.9. The van der Waals surface area contributed by atoms with E-state index < -0.39 is 5.97 Å². The number of nitrogens with zero attached hydrogens (tertiary/aromatic N) is 1. The minimum absolute atomic E-state index is 0.180. The number of carboxylic acid groups (broad SMARTS) is 1. The van der Waals surface area contributed by atoms with Crippen LogP contribution < -0.4 is 5.43 Å². The fraction of sp³-hybridized carbons (Fsp3) is 0. The Morgan fingerprint density at radius 1 is 0.960 bits per heavy atom. The van der Waals surface area contributed by atoms with Gasteiger partial charge in [-0.05, 0) is 36.4 Å². The second kappa shape index (κ2) is 7.27. The third kappa shape index (κ3) is 4.00. The number of rotatable bonds is 5. The summed E-state index contributed by atoms with van der Waals surface area (Å²) in [5.74, 6) is -0.375. The van der Waals surface area contributed by atoms with Crippen LogP contribution in [0, 0.1) is 0 Å². The number of carbonyl (C=O) groups is 2. The zero-order chi connectivity index (χ0) is 17.6. The Labute approximate surface area is 143 Å². The lowest BCUT2D eigenvalue weighted by Gasteiger charge is -1.99. The molecule has 0 aliphatic rings. The lowest BCUT2D eigenvalue weighted by atomic mass is 10.1. The summed E-state index contributed by atoms with van der Waals surface area (Å²) >= 11 is 0. The number of hydrogen-bond donors (Lipinski definition) is 2. The van der Waals surface area contributed by atoms with Crippen molar-refractivity contribution in [2.45, 2.75) is 0 Å². The molecular weight excluding hydrogens is 320 g/mol. The van der Waals surface area contributed by atoms with Crippen LogP contribution in [0.1, 0.15) is 26.5 Å². The third-order valence-electron chi connectivity index (χ3n) is 3.41. The van der Waals surface area contributed by atoms with Crippen LogP contribution >= 0.6 is 0 Å². The molecule has 0 saturated carbocycles. The van der Waals surface area contributed by atoms with E-state index in [4.69, 9.17) is 9.52 Å². The Kier molecular flexibility index (Phi) is 4.71. The molecule has 1 amide bonds. The van der Waals surface area contributed by atoms with Gasteiger partial charge in [0.15, 0.2) is 0 Å². The number of carboxylic acids is 1. The summed E-state index contributed by atoms with van der Waals surface area (Å²) < 4.78 is 5.60. The van der Waals surface area contributed by atoms with Gasteiger partial charge in [-0.2, -0.15) is 5.10 Å². The predicted molar refractivity (Wildman–Crippen MR) is 92.6 cm³/mol. The normalized spacial score (nSPS) is 10.7. The maximum Gasteiger partial charge on any atom is 0.335 e. The van der Waals surface area contributed by atoms with Gasteiger partial charge in [0.05, 0.1) is 11.8 Å². The largest absolute Gasteiger partial charge is 0.478 e. The smallest absolute Gasteiger partial charge is 0.335 e. The van der Waals surface area contributed by atoms with Crippen molar-refractivity contribution in [3.63, 3.8) is 0 Å². The van der Waals surface area contributed by atoms with Gasteiger partial charge in [0.1, 0.15) is 11.5 Å². The molecule has 0 atom stereocenters. The zero-order valence-corrected chi connectivity index (χ0v) is 13.0. The van der Waals surface area contributed by atoms with Gasteiger partial charge in [-0.25, -0.2) is 10.2 Å². The molecule has 6 nitrogen and oxygen atoms in total. The highest BCUT2D eigenvalue weighted by atomic mass is 16.4. The average Bonchev–Trinajstić information content (AvgIpc) is 3.11. The highest BCUT2D eigenvalue weighted by molar-refractivity contribution is 5.94. The number of amides is 1. The molecule has 0 spiro atoms. The molecule has 3 aromatic rings. The summed E-state index contributed by atoms with van der Waals surface area (Å²) in [5.41, 5.74) is 3.74. The Bertz CT molecular complexity index is 929. The first-order valence-electron chi connectivity index (χ1n) is 7.45. The van der Waals surface area contributed by atoms with E-state index in [0.29, 0.717) is 22.6 Å². The van der Waals surface area contributed by atoms with Crippen molar-refractivity contribution in [3.8, 4) is 11.3 Å². The molecule has 124 valence electrons. The molecule has 0 radical (unpaired) electrons. The van der Waals surface area contributed by atoms with Crippen molar-refractivity contribution in [3.05, 3.63) is 83.6 Å². The van der Waals surface area contributed by atoms with E-state index in [0.717, 1.165) is 0 Å². The summed E-state index contributed by atoms with van der Waals surface area (Å²) in [6, 6.07) is 18.6. The summed E-state index contributed by atoms with van der Waals surface area (Å²) in [4.78, 5) is 22.9. The number of carbonyl (C=O) groups excluding carboxylic acids is 1. The Morgan fingerprint density at radius 2 is 1.72 bits per heavy atom. The Balaban J connectivity index is 1.68. The van der Waals surface area contributed by atoms with Gasteiger partial charge >= 0.3 is 5.97 Å². The molecule has 0 aliphatic heterocycles. The molecular formula is C19H14N2O4. The van der Waals surface area contributed by atoms with Crippen molar-refractivity contribution in [2.24, 2.45) is 5.10 Å². The molecule has 0 saturated heterocycles. The van der Waals surface area contributed by atoms with Crippen LogP contribution in [-0.2, 0) is 0 Å². The molecule has 2 N–H and O–H groups in total. The van der Waals surface area contributed by atoms with E-state index in [2.05, 4.69) is 10.5 Å². The molecule has 0 bridgehead atoms. The van der Waals surface area contributed by atoms with Crippen molar-refractivity contribution in [2.75, 3.05) is 0 Å². The molecule has 6 heteroatoms. The molecule has 1 heterocycles. The standard InChI is InChI=1S/C19H14N2O4/c22-18(13-5-2-1-3-6-13)21-20-12-16-9-10-17(25-16)14-7-4-8-15(11-14)19(23)24/h1-12H,(H,21,22)(H,23,24). The quantitative estimate of drug-likeness (QED) is 0.552. The SMILES string of the molecule is O=C(O)c1cccc(-c2ccc(C=NNC(=O)c3ccccc3)o2)c1. The zero-order valence-electron chi connectivity index (χ0n) is 13.0. The van der Waals surface area contributed by atoms with E-state index in [1.165, 1.54) is 18.3 Å². The average molecular weight is 334 g/mol. The van der Waals surface area contributed by atoms with Crippen molar-refractivity contribution < 1.29 is 19.1 Å². The number of furan rings is 1. The number of nitrogens with one attached hydrogen (secondary N) is 1. The number of hydrogen-bond acceptors (Lipinski definition) is 4. The minimum Gasteiger partial charge on any atom is -0.478 e. The monoisotopic (exact) mass is 334 g/mol. The summed E-state index contributed by atoms with van der Waals surface area (Å²) in [6.45, 7) is 0. The van der Waals surface area contributed by atoms with Gasteiger partial charge in [-0.15, -0.1) is 0 Å². The molecule has 1 aromatic heterocycles. The fourth-order valence-electron chi connectivity index (χ4n) is 2.19. The van der Waals surface area contributed by atoms with E-state index in [1.807, 2.05) is 6.07 Å². The van der Waals surface area contributed by atoms with Crippen molar-refractivity contribution >= 4 is 18.1 Å². The fourth-order valence-corrected chi connectivity index (χ4v) is 2.19. The molecule has 2 aromatic carbocycles.